The first-order valence-corrected chi connectivity index (χ1v) is 12.4. The van der Waals surface area contributed by atoms with Gasteiger partial charge in [0.15, 0.2) is 5.69 Å². The average molecular weight is 491 g/mol. The summed E-state index contributed by atoms with van der Waals surface area (Å²) in [7, 11) is 0. The molecule has 172 valence electrons. The van der Waals surface area contributed by atoms with E-state index in [0.29, 0.717) is 34.1 Å². The molecule has 0 saturated carbocycles. The van der Waals surface area contributed by atoms with E-state index in [1.54, 1.807) is 0 Å². The zero-order valence-corrected chi connectivity index (χ0v) is 20.1. The molecule has 0 fully saturated rings. The van der Waals surface area contributed by atoms with Crippen molar-refractivity contribution >= 4 is 29.1 Å². The van der Waals surface area contributed by atoms with E-state index in [-0.39, 0.29) is 0 Å². The van der Waals surface area contributed by atoms with Crippen LogP contribution in [0.4, 0.5) is 5.69 Å². The summed E-state index contributed by atoms with van der Waals surface area (Å²) < 4.78 is 12.4. The molecule has 4 aromatic rings. The molecular formula is C26H23ClN4O2S. The molecular weight excluding hydrogens is 468 g/mol. The highest BCUT2D eigenvalue weighted by Crippen LogP contribution is 2.41. The van der Waals surface area contributed by atoms with Crippen LogP contribution >= 0.6 is 23.4 Å². The van der Waals surface area contributed by atoms with E-state index in [2.05, 4.69) is 22.4 Å². The number of nitrogens with zero attached hydrogens (tertiary/aromatic N) is 3. The third-order valence-electron chi connectivity index (χ3n) is 5.28. The number of anilines is 1. The van der Waals surface area contributed by atoms with Crippen LogP contribution in [0.25, 0.3) is 11.3 Å². The van der Waals surface area contributed by atoms with Gasteiger partial charge in [-0.05, 0) is 42.3 Å². The Morgan fingerprint density at radius 2 is 1.79 bits per heavy atom. The number of ether oxygens (including phenoxy) is 2. The third-order valence-corrected chi connectivity index (χ3v) is 6.44. The normalized spacial score (nSPS) is 14.2. The van der Waals surface area contributed by atoms with Gasteiger partial charge in [0.1, 0.15) is 5.75 Å². The highest BCUT2D eigenvalue weighted by Gasteiger charge is 2.27. The number of para-hydroxylation sites is 2. The first kappa shape index (κ1) is 22.5. The fourth-order valence-corrected chi connectivity index (χ4v) is 4.48. The summed E-state index contributed by atoms with van der Waals surface area (Å²) in [5.41, 5.74) is 4.41. The Morgan fingerprint density at radius 3 is 2.65 bits per heavy atom. The molecule has 1 N–H and O–H groups in total. The number of benzene rings is 3. The van der Waals surface area contributed by atoms with Gasteiger partial charge in [0.25, 0.3) is 0 Å². The standard InChI is InChI=1S/C26H23ClN4O2S/c1-2-15-32-22-10-6-4-8-20(22)24-28-21-9-5-3-7-19(21)23-25(33-24)29-26(31-30-23)34-16-17-11-13-18(27)14-12-17/h3-14,24,28H,2,15-16H2,1H3/t24-/m0/s1. The molecule has 3 aromatic carbocycles. The summed E-state index contributed by atoms with van der Waals surface area (Å²) in [6, 6.07) is 23.6. The second-order valence-electron chi connectivity index (χ2n) is 7.74. The molecule has 34 heavy (non-hydrogen) atoms. The molecule has 0 saturated heterocycles. The van der Waals surface area contributed by atoms with Gasteiger partial charge in [0.2, 0.25) is 17.3 Å². The Labute approximate surface area is 207 Å². The monoisotopic (exact) mass is 490 g/mol. The van der Waals surface area contributed by atoms with Crippen molar-refractivity contribution in [2.45, 2.75) is 30.5 Å². The summed E-state index contributed by atoms with van der Waals surface area (Å²) in [5.74, 6) is 1.91. The maximum atomic E-state index is 6.42. The van der Waals surface area contributed by atoms with Crippen LogP contribution in [0, 0.1) is 0 Å². The fraction of sp³-hybridized carbons (Fsp3) is 0.192. The van der Waals surface area contributed by atoms with Gasteiger partial charge in [0, 0.05) is 22.0 Å². The van der Waals surface area contributed by atoms with Gasteiger partial charge in [-0.15, -0.1) is 10.2 Å². The van der Waals surface area contributed by atoms with Crippen LogP contribution in [0.5, 0.6) is 11.6 Å². The molecule has 0 radical (unpaired) electrons. The summed E-state index contributed by atoms with van der Waals surface area (Å²) in [4.78, 5) is 4.73. The molecule has 1 aliphatic heterocycles. The van der Waals surface area contributed by atoms with Crippen molar-refractivity contribution in [1.82, 2.24) is 15.2 Å². The van der Waals surface area contributed by atoms with Gasteiger partial charge in [-0.3, -0.25) is 0 Å². The SMILES string of the molecule is CCCOc1ccccc1[C@H]1Nc2ccccc2-c2nnc(SCc3ccc(Cl)cc3)nc2O1. The lowest BCUT2D eigenvalue weighted by atomic mass is 10.1. The van der Waals surface area contributed by atoms with E-state index in [0.717, 1.165) is 34.5 Å². The Bertz CT molecular complexity index is 1290. The Kier molecular flexibility index (Phi) is 6.83. The summed E-state index contributed by atoms with van der Waals surface area (Å²) in [5, 5.41) is 13.6. The first-order valence-electron chi connectivity index (χ1n) is 11.1. The van der Waals surface area contributed by atoms with Gasteiger partial charge in [-0.25, -0.2) is 0 Å². The third kappa shape index (κ3) is 4.95. The summed E-state index contributed by atoms with van der Waals surface area (Å²) in [6.45, 7) is 2.72. The van der Waals surface area contributed by atoms with Crippen molar-refractivity contribution in [2.75, 3.05) is 11.9 Å². The summed E-state index contributed by atoms with van der Waals surface area (Å²) >= 11 is 7.49. The van der Waals surface area contributed by atoms with Crippen molar-refractivity contribution in [3.8, 4) is 22.9 Å². The number of hydrogen-bond acceptors (Lipinski definition) is 7. The van der Waals surface area contributed by atoms with Crippen LogP contribution < -0.4 is 14.8 Å². The zero-order chi connectivity index (χ0) is 23.3. The van der Waals surface area contributed by atoms with E-state index in [4.69, 9.17) is 26.1 Å². The number of thioether (sulfide) groups is 1. The molecule has 1 atom stereocenters. The highest BCUT2D eigenvalue weighted by molar-refractivity contribution is 7.98. The van der Waals surface area contributed by atoms with Gasteiger partial charge >= 0.3 is 0 Å². The molecule has 0 bridgehead atoms. The van der Waals surface area contributed by atoms with Gasteiger partial charge in [-0.1, -0.05) is 72.8 Å². The second-order valence-corrected chi connectivity index (χ2v) is 9.12. The number of hydrogen-bond donors (Lipinski definition) is 1. The van der Waals surface area contributed by atoms with Crippen LogP contribution in [-0.2, 0) is 5.75 Å². The molecule has 1 aliphatic rings. The van der Waals surface area contributed by atoms with E-state index in [1.807, 2.05) is 72.8 Å². The topological polar surface area (TPSA) is 69.2 Å². The lowest BCUT2D eigenvalue weighted by Crippen LogP contribution is -2.18. The van der Waals surface area contributed by atoms with Gasteiger partial charge in [0.05, 0.1) is 12.2 Å². The zero-order valence-electron chi connectivity index (χ0n) is 18.6. The molecule has 0 unspecified atom stereocenters. The van der Waals surface area contributed by atoms with Gasteiger partial charge in [-0.2, -0.15) is 4.98 Å². The number of fused-ring (bicyclic) bond motifs is 3. The maximum Gasteiger partial charge on any atom is 0.247 e. The highest BCUT2D eigenvalue weighted by atomic mass is 35.5. The molecule has 0 aliphatic carbocycles. The molecule has 0 spiro atoms. The van der Waals surface area contributed by atoms with E-state index < -0.39 is 6.23 Å². The molecule has 5 rings (SSSR count). The minimum atomic E-state index is -0.499. The maximum absolute atomic E-state index is 6.42. The summed E-state index contributed by atoms with van der Waals surface area (Å²) in [6.07, 6.45) is 0.422. The molecule has 8 heteroatoms. The van der Waals surface area contributed by atoms with Crippen molar-refractivity contribution in [1.29, 1.82) is 0 Å². The number of rotatable bonds is 7. The Hall–Kier alpha value is -3.29. The molecule has 2 heterocycles. The largest absolute Gasteiger partial charge is 0.493 e. The average Bonchev–Trinajstić information content (AvgIpc) is 3.04. The van der Waals surface area contributed by atoms with Crippen LogP contribution in [0.1, 0.15) is 30.7 Å². The van der Waals surface area contributed by atoms with E-state index in [9.17, 15) is 0 Å². The molecule has 0 amide bonds. The van der Waals surface area contributed by atoms with Crippen molar-refractivity contribution in [3.63, 3.8) is 0 Å². The molecule has 6 nitrogen and oxygen atoms in total. The molecule has 1 aromatic heterocycles. The van der Waals surface area contributed by atoms with Crippen LogP contribution in [-0.4, -0.2) is 21.8 Å². The first-order chi connectivity index (χ1) is 16.7. The Balaban J connectivity index is 1.48. The van der Waals surface area contributed by atoms with Crippen molar-refractivity contribution in [2.24, 2.45) is 0 Å². The van der Waals surface area contributed by atoms with E-state index in [1.165, 1.54) is 11.8 Å². The lowest BCUT2D eigenvalue weighted by molar-refractivity contribution is 0.215. The fourth-order valence-electron chi connectivity index (χ4n) is 3.62. The lowest BCUT2D eigenvalue weighted by Gasteiger charge is -2.21. The Morgan fingerprint density at radius 1 is 1.00 bits per heavy atom. The number of nitrogens with one attached hydrogen (secondary N) is 1. The van der Waals surface area contributed by atoms with Crippen molar-refractivity contribution in [3.05, 3.63) is 88.9 Å². The van der Waals surface area contributed by atoms with Crippen LogP contribution in [0.15, 0.2) is 78.0 Å². The smallest absolute Gasteiger partial charge is 0.247 e. The predicted molar refractivity (Wildman–Crippen MR) is 135 cm³/mol. The van der Waals surface area contributed by atoms with Crippen LogP contribution in [0.2, 0.25) is 5.02 Å². The second kappa shape index (κ2) is 10.3. The minimum Gasteiger partial charge on any atom is -0.493 e. The van der Waals surface area contributed by atoms with Crippen molar-refractivity contribution < 1.29 is 9.47 Å². The predicted octanol–water partition coefficient (Wildman–Crippen LogP) is 6.78. The quantitative estimate of drug-likeness (QED) is 0.286. The number of aromatic nitrogens is 3. The van der Waals surface area contributed by atoms with Crippen LogP contribution in [0.3, 0.4) is 0 Å². The number of halogens is 1. The van der Waals surface area contributed by atoms with E-state index >= 15 is 0 Å². The van der Waals surface area contributed by atoms with Gasteiger partial charge < -0.3 is 14.8 Å². The minimum absolute atomic E-state index is 0.432.